The fraction of sp³-hybridized carbons (Fsp3) is 0.900. The van der Waals surface area contributed by atoms with Crippen LogP contribution in [-0.4, -0.2) is 83.3 Å². The van der Waals surface area contributed by atoms with Gasteiger partial charge < -0.3 is 20.1 Å². The molecule has 0 unspecified atom stereocenters. The molecule has 0 aromatic carbocycles. The molecule has 0 saturated carbocycles. The topological polar surface area (TPSA) is 82.1 Å². The van der Waals surface area contributed by atoms with Crippen LogP contribution in [0.4, 0.5) is 0 Å². The molecule has 154 valence electrons. The summed E-state index contributed by atoms with van der Waals surface area (Å²) in [4.78, 5) is 28.5. The molecule has 0 radical (unpaired) electrons. The van der Waals surface area contributed by atoms with Crippen molar-refractivity contribution in [3.63, 3.8) is 0 Å². The van der Waals surface area contributed by atoms with Crippen molar-refractivity contribution in [1.29, 1.82) is 0 Å². The van der Waals surface area contributed by atoms with Crippen molar-refractivity contribution in [2.24, 2.45) is 0 Å². The Balaban J connectivity index is 1.57. The molecular formula is C20H35N3O4. The molecule has 7 heteroatoms. The van der Waals surface area contributed by atoms with Gasteiger partial charge in [0.25, 0.3) is 0 Å². The Morgan fingerprint density at radius 1 is 1.07 bits per heavy atom. The van der Waals surface area contributed by atoms with Gasteiger partial charge in [-0.25, -0.2) is 0 Å². The normalized spacial score (nSPS) is 32.1. The van der Waals surface area contributed by atoms with E-state index in [-0.39, 0.29) is 11.8 Å². The van der Waals surface area contributed by atoms with Gasteiger partial charge in [-0.1, -0.05) is 12.8 Å². The largest absolute Gasteiger partial charge is 0.388 e. The van der Waals surface area contributed by atoms with Crippen molar-refractivity contribution < 1.29 is 19.4 Å². The molecule has 0 aromatic rings. The van der Waals surface area contributed by atoms with Crippen LogP contribution in [0, 0.1) is 0 Å². The van der Waals surface area contributed by atoms with Crippen LogP contribution in [0.1, 0.15) is 58.8 Å². The summed E-state index contributed by atoms with van der Waals surface area (Å²) in [6, 6.07) is 0. The second-order valence-corrected chi connectivity index (χ2v) is 8.74. The first kappa shape index (κ1) is 20.6. The minimum Gasteiger partial charge on any atom is -0.388 e. The number of nitrogens with one attached hydrogen (secondary N) is 1. The van der Waals surface area contributed by atoms with Crippen molar-refractivity contribution >= 4 is 11.8 Å². The van der Waals surface area contributed by atoms with E-state index in [1.807, 2.05) is 11.8 Å². The third-order valence-corrected chi connectivity index (χ3v) is 6.59. The molecule has 0 aliphatic carbocycles. The van der Waals surface area contributed by atoms with E-state index in [1.54, 1.807) is 0 Å². The highest BCUT2D eigenvalue weighted by Crippen LogP contribution is 2.40. The molecule has 3 saturated heterocycles. The van der Waals surface area contributed by atoms with E-state index < -0.39 is 17.2 Å². The predicted octanol–water partition coefficient (Wildman–Crippen LogP) is 0.900. The standard InChI is InChI=1S/C20H35N3O4/c1-16(24)21-19(2)9-14-27-20(18(19)26)7-12-23(13-8-20)17(25)15-22-10-5-3-4-6-11-22/h18,26H,3-15H2,1-2H3,(H,21,24)/t18-,19+/m0/s1. The number of aliphatic hydroxyl groups is 1. The van der Waals surface area contributed by atoms with Crippen molar-refractivity contribution in [1.82, 2.24) is 15.1 Å². The summed E-state index contributed by atoms with van der Waals surface area (Å²) >= 11 is 0. The van der Waals surface area contributed by atoms with Gasteiger partial charge in [0.05, 0.1) is 17.7 Å². The Hall–Kier alpha value is -1.18. The lowest BCUT2D eigenvalue weighted by Gasteiger charge is -2.53. The number of rotatable bonds is 3. The molecule has 2 N–H and O–H groups in total. The van der Waals surface area contributed by atoms with Crippen molar-refractivity contribution in [3.05, 3.63) is 0 Å². The second-order valence-electron chi connectivity index (χ2n) is 8.74. The Morgan fingerprint density at radius 2 is 1.70 bits per heavy atom. The van der Waals surface area contributed by atoms with Crippen LogP contribution in [0.5, 0.6) is 0 Å². The van der Waals surface area contributed by atoms with E-state index in [2.05, 4.69) is 10.2 Å². The fourth-order valence-electron chi connectivity index (χ4n) is 4.93. The fourth-order valence-corrected chi connectivity index (χ4v) is 4.93. The molecule has 0 aromatic heterocycles. The molecular weight excluding hydrogens is 346 g/mol. The second kappa shape index (κ2) is 8.45. The van der Waals surface area contributed by atoms with Crippen LogP contribution in [-0.2, 0) is 14.3 Å². The third kappa shape index (κ3) is 4.63. The summed E-state index contributed by atoms with van der Waals surface area (Å²) < 4.78 is 6.04. The number of nitrogens with zero attached hydrogens (tertiary/aromatic N) is 2. The maximum Gasteiger partial charge on any atom is 0.236 e. The van der Waals surface area contributed by atoms with E-state index >= 15 is 0 Å². The summed E-state index contributed by atoms with van der Waals surface area (Å²) in [5.41, 5.74) is -1.35. The average Bonchev–Trinajstić information content (AvgIpc) is 2.88. The molecule has 1 spiro atoms. The number of piperidine rings is 1. The van der Waals surface area contributed by atoms with Gasteiger partial charge in [-0.15, -0.1) is 0 Å². The number of hydrogen-bond donors (Lipinski definition) is 2. The Bertz CT molecular complexity index is 539. The van der Waals surface area contributed by atoms with E-state index in [9.17, 15) is 14.7 Å². The van der Waals surface area contributed by atoms with Gasteiger partial charge in [0.15, 0.2) is 0 Å². The molecule has 3 aliphatic heterocycles. The van der Waals surface area contributed by atoms with Gasteiger partial charge in [-0.05, 0) is 52.1 Å². The molecule has 0 bridgehead atoms. The first-order valence-electron chi connectivity index (χ1n) is 10.5. The molecule has 3 heterocycles. The Kier molecular flexibility index (Phi) is 6.43. The molecule has 3 fully saturated rings. The summed E-state index contributed by atoms with van der Waals surface area (Å²) in [7, 11) is 0. The highest BCUT2D eigenvalue weighted by Gasteiger charge is 2.53. The summed E-state index contributed by atoms with van der Waals surface area (Å²) in [5, 5.41) is 13.9. The minimum atomic E-state index is -0.773. The highest BCUT2D eigenvalue weighted by atomic mass is 16.5. The Labute approximate surface area is 162 Å². The monoisotopic (exact) mass is 381 g/mol. The maximum atomic E-state index is 12.7. The van der Waals surface area contributed by atoms with Gasteiger partial charge in [-0.2, -0.15) is 0 Å². The lowest BCUT2D eigenvalue weighted by molar-refractivity contribution is -0.208. The van der Waals surface area contributed by atoms with Gasteiger partial charge in [0.1, 0.15) is 6.10 Å². The molecule has 3 aliphatic rings. The summed E-state index contributed by atoms with van der Waals surface area (Å²) in [5.74, 6) is 0.0420. The van der Waals surface area contributed by atoms with Gasteiger partial charge in [-0.3, -0.25) is 14.5 Å². The van der Waals surface area contributed by atoms with Crippen LogP contribution in [0.2, 0.25) is 0 Å². The zero-order valence-electron chi connectivity index (χ0n) is 16.8. The first-order chi connectivity index (χ1) is 12.8. The lowest BCUT2D eigenvalue weighted by Crippen LogP contribution is -2.69. The molecule has 2 amide bonds. The van der Waals surface area contributed by atoms with Crippen LogP contribution in [0.15, 0.2) is 0 Å². The zero-order chi connectivity index (χ0) is 19.5. The minimum absolute atomic E-state index is 0.140. The summed E-state index contributed by atoms with van der Waals surface area (Å²) in [6.07, 6.45) is 5.91. The number of amides is 2. The van der Waals surface area contributed by atoms with Crippen molar-refractivity contribution in [2.45, 2.75) is 76.0 Å². The molecule has 2 atom stereocenters. The van der Waals surface area contributed by atoms with Crippen LogP contribution in [0.25, 0.3) is 0 Å². The average molecular weight is 382 g/mol. The SMILES string of the molecule is CC(=O)N[C@]1(C)CCOC2(CCN(C(=O)CN3CCCCCC3)CC2)[C@H]1O. The van der Waals surface area contributed by atoms with E-state index in [0.717, 1.165) is 13.1 Å². The van der Waals surface area contributed by atoms with E-state index in [0.29, 0.717) is 45.5 Å². The maximum absolute atomic E-state index is 12.7. The number of carbonyl (C=O) groups is 2. The van der Waals surface area contributed by atoms with E-state index in [4.69, 9.17) is 4.74 Å². The highest BCUT2D eigenvalue weighted by molar-refractivity contribution is 5.78. The quantitative estimate of drug-likeness (QED) is 0.759. The van der Waals surface area contributed by atoms with Gasteiger partial charge in [0, 0.05) is 26.6 Å². The smallest absolute Gasteiger partial charge is 0.236 e. The lowest BCUT2D eigenvalue weighted by atomic mass is 9.73. The number of aliphatic hydroxyl groups excluding tert-OH is 1. The molecule has 3 rings (SSSR count). The first-order valence-corrected chi connectivity index (χ1v) is 10.5. The molecule has 27 heavy (non-hydrogen) atoms. The number of hydrogen-bond acceptors (Lipinski definition) is 5. The number of carbonyl (C=O) groups excluding carboxylic acids is 2. The van der Waals surface area contributed by atoms with Crippen LogP contribution in [0.3, 0.4) is 0 Å². The van der Waals surface area contributed by atoms with Gasteiger partial charge >= 0.3 is 0 Å². The van der Waals surface area contributed by atoms with Crippen LogP contribution < -0.4 is 5.32 Å². The third-order valence-electron chi connectivity index (χ3n) is 6.59. The van der Waals surface area contributed by atoms with Gasteiger partial charge in [0.2, 0.25) is 11.8 Å². The number of ether oxygens (including phenoxy) is 1. The van der Waals surface area contributed by atoms with Crippen molar-refractivity contribution in [3.8, 4) is 0 Å². The predicted molar refractivity (Wildman–Crippen MR) is 102 cm³/mol. The molecule has 7 nitrogen and oxygen atoms in total. The zero-order valence-corrected chi connectivity index (χ0v) is 16.8. The Morgan fingerprint density at radius 3 is 2.30 bits per heavy atom. The number of likely N-dealkylation sites (tertiary alicyclic amines) is 2. The van der Waals surface area contributed by atoms with Crippen molar-refractivity contribution in [2.75, 3.05) is 39.3 Å². The van der Waals surface area contributed by atoms with E-state index in [1.165, 1.54) is 32.6 Å². The summed E-state index contributed by atoms with van der Waals surface area (Å²) in [6.45, 7) is 7.60. The van der Waals surface area contributed by atoms with Crippen LogP contribution >= 0.6 is 0 Å².